The standard InChI is InChI=1S/C27H26Cl3N3O3/c1-16(2)17-5-7-18(8-6-17)26-31-23-11-9-19(28)14-21(23)27(35)33(26)32-25(34)4-3-13-36-24-12-10-20(29)15-22(24)30/h5-12,14-16,26,31H,3-4,13H2,1-2H3,(H,32,34). The van der Waals surface area contributed by atoms with Crippen LogP contribution in [0, 0.1) is 0 Å². The van der Waals surface area contributed by atoms with E-state index in [2.05, 4.69) is 24.6 Å². The number of carbonyl (C=O) groups is 2. The Balaban J connectivity index is 1.46. The zero-order chi connectivity index (χ0) is 25.8. The molecule has 0 saturated heterocycles. The predicted molar refractivity (Wildman–Crippen MR) is 144 cm³/mol. The van der Waals surface area contributed by atoms with E-state index in [1.165, 1.54) is 10.6 Å². The molecule has 1 atom stereocenters. The van der Waals surface area contributed by atoms with Crippen molar-refractivity contribution in [2.75, 3.05) is 11.9 Å². The number of hydrogen-bond acceptors (Lipinski definition) is 4. The van der Waals surface area contributed by atoms with Crippen LogP contribution in [0.25, 0.3) is 0 Å². The number of anilines is 1. The van der Waals surface area contributed by atoms with Gasteiger partial charge >= 0.3 is 0 Å². The first kappa shape index (κ1) is 26.1. The number of hydrazine groups is 1. The third-order valence-corrected chi connectivity index (χ3v) is 6.61. The van der Waals surface area contributed by atoms with Gasteiger partial charge in [0.05, 0.1) is 17.2 Å². The number of ether oxygens (including phenoxy) is 1. The maximum Gasteiger partial charge on any atom is 0.276 e. The van der Waals surface area contributed by atoms with Gasteiger partial charge in [0.15, 0.2) is 0 Å². The maximum absolute atomic E-state index is 13.4. The highest BCUT2D eigenvalue weighted by Crippen LogP contribution is 2.34. The SMILES string of the molecule is CC(C)c1ccc(C2Nc3ccc(Cl)cc3C(=O)N2NC(=O)CCCOc2ccc(Cl)cc2Cl)cc1. The first-order chi connectivity index (χ1) is 17.2. The van der Waals surface area contributed by atoms with Crippen LogP contribution >= 0.6 is 34.8 Å². The molecule has 0 spiro atoms. The van der Waals surface area contributed by atoms with Crippen LogP contribution in [0.15, 0.2) is 60.7 Å². The van der Waals surface area contributed by atoms with E-state index < -0.39 is 6.17 Å². The first-order valence-corrected chi connectivity index (χ1v) is 12.7. The van der Waals surface area contributed by atoms with Gasteiger partial charge in [-0.3, -0.25) is 15.0 Å². The zero-order valence-corrected chi connectivity index (χ0v) is 22.1. The fourth-order valence-electron chi connectivity index (χ4n) is 3.89. The fraction of sp³-hybridized carbons (Fsp3) is 0.259. The topological polar surface area (TPSA) is 70.7 Å². The number of hydrogen-bond donors (Lipinski definition) is 2. The number of amides is 2. The molecule has 0 aliphatic carbocycles. The number of nitrogens with zero attached hydrogens (tertiary/aromatic N) is 1. The maximum atomic E-state index is 13.4. The van der Waals surface area contributed by atoms with Gasteiger partial charge in [0, 0.05) is 22.2 Å². The summed E-state index contributed by atoms with van der Waals surface area (Å²) in [6.07, 6.45) is -0.00670. The van der Waals surface area contributed by atoms with E-state index in [-0.39, 0.29) is 24.8 Å². The second-order valence-electron chi connectivity index (χ2n) is 8.80. The van der Waals surface area contributed by atoms with Crippen LogP contribution in [0.3, 0.4) is 0 Å². The molecular formula is C27H26Cl3N3O3. The summed E-state index contributed by atoms with van der Waals surface area (Å²) in [5, 5.41) is 6.04. The van der Waals surface area contributed by atoms with Crippen LogP contribution in [0.1, 0.15) is 60.3 Å². The Hall–Kier alpha value is -2.93. The molecule has 1 heterocycles. The number of nitrogens with one attached hydrogen (secondary N) is 2. The van der Waals surface area contributed by atoms with Gasteiger partial charge in [-0.1, -0.05) is 72.9 Å². The molecule has 2 amide bonds. The second kappa shape index (κ2) is 11.4. The van der Waals surface area contributed by atoms with Gasteiger partial charge in [-0.05, 0) is 59.9 Å². The van der Waals surface area contributed by atoms with Crippen molar-refractivity contribution in [3.05, 3.63) is 92.4 Å². The zero-order valence-electron chi connectivity index (χ0n) is 19.9. The molecular weight excluding hydrogens is 521 g/mol. The van der Waals surface area contributed by atoms with Crippen molar-refractivity contribution in [1.82, 2.24) is 10.4 Å². The molecule has 3 aromatic carbocycles. The third-order valence-electron chi connectivity index (χ3n) is 5.84. The molecule has 1 aliphatic rings. The number of benzene rings is 3. The van der Waals surface area contributed by atoms with Crippen molar-refractivity contribution >= 4 is 52.3 Å². The van der Waals surface area contributed by atoms with E-state index >= 15 is 0 Å². The Kier molecular flexibility index (Phi) is 8.29. The summed E-state index contributed by atoms with van der Waals surface area (Å²) in [5.41, 5.74) is 5.84. The summed E-state index contributed by atoms with van der Waals surface area (Å²) in [6.45, 7) is 4.52. The lowest BCUT2D eigenvalue weighted by atomic mass is 9.99. The minimum absolute atomic E-state index is 0.149. The Morgan fingerprint density at radius 2 is 1.72 bits per heavy atom. The van der Waals surface area contributed by atoms with Gasteiger partial charge in [-0.2, -0.15) is 0 Å². The van der Waals surface area contributed by atoms with Crippen LogP contribution in [-0.4, -0.2) is 23.4 Å². The number of fused-ring (bicyclic) bond motifs is 1. The molecule has 1 aliphatic heterocycles. The Morgan fingerprint density at radius 3 is 2.42 bits per heavy atom. The molecule has 0 fully saturated rings. The smallest absolute Gasteiger partial charge is 0.276 e. The summed E-state index contributed by atoms with van der Waals surface area (Å²) in [7, 11) is 0. The monoisotopic (exact) mass is 545 g/mol. The van der Waals surface area contributed by atoms with E-state index in [1.807, 2.05) is 24.3 Å². The van der Waals surface area contributed by atoms with Crippen molar-refractivity contribution < 1.29 is 14.3 Å². The molecule has 0 aromatic heterocycles. The molecule has 4 rings (SSSR count). The van der Waals surface area contributed by atoms with Crippen LogP contribution in [0.2, 0.25) is 15.1 Å². The predicted octanol–water partition coefficient (Wildman–Crippen LogP) is 7.23. The first-order valence-electron chi connectivity index (χ1n) is 11.6. The quantitative estimate of drug-likeness (QED) is 0.293. The molecule has 3 aromatic rings. The number of carbonyl (C=O) groups excluding carboxylic acids is 2. The molecule has 6 nitrogen and oxygen atoms in total. The van der Waals surface area contributed by atoms with Gasteiger partial charge in [0.25, 0.3) is 5.91 Å². The normalized spacial score (nSPS) is 14.9. The van der Waals surface area contributed by atoms with Gasteiger partial charge in [-0.25, -0.2) is 5.01 Å². The fourth-order valence-corrected chi connectivity index (χ4v) is 4.52. The minimum atomic E-state index is -0.583. The average Bonchev–Trinajstić information content (AvgIpc) is 2.85. The van der Waals surface area contributed by atoms with Crippen molar-refractivity contribution in [2.24, 2.45) is 0 Å². The summed E-state index contributed by atoms with van der Waals surface area (Å²) >= 11 is 18.2. The van der Waals surface area contributed by atoms with Gasteiger partial charge in [0.2, 0.25) is 5.91 Å². The van der Waals surface area contributed by atoms with Crippen LogP contribution in [-0.2, 0) is 4.79 Å². The highest BCUT2D eigenvalue weighted by Gasteiger charge is 2.34. The largest absolute Gasteiger partial charge is 0.492 e. The molecule has 2 N–H and O–H groups in total. The van der Waals surface area contributed by atoms with E-state index in [0.29, 0.717) is 44.4 Å². The van der Waals surface area contributed by atoms with Crippen molar-refractivity contribution in [3.63, 3.8) is 0 Å². The van der Waals surface area contributed by atoms with E-state index in [9.17, 15) is 9.59 Å². The minimum Gasteiger partial charge on any atom is -0.492 e. The van der Waals surface area contributed by atoms with E-state index in [4.69, 9.17) is 39.5 Å². The summed E-state index contributed by atoms with van der Waals surface area (Å²) in [5.74, 6) is 0.214. The van der Waals surface area contributed by atoms with Crippen LogP contribution in [0.5, 0.6) is 5.75 Å². The van der Waals surface area contributed by atoms with Gasteiger partial charge < -0.3 is 10.1 Å². The lowest BCUT2D eigenvalue weighted by molar-refractivity contribution is -0.126. The molecule has 9 heteroatoms. The molecule has 1 unspecified atom stereocenters. The second-order valence-corrected chi connectivity index (χ2v) is 10.1. The lowest BCUT2D eigenvalue weighted by Gasteiger charge is -2.38. The summed E-state index contributed by atoms with van der Waals surface area (Å²) < 4.78 is 5.66. The molecule has 188 valence electrons. The Bertz CT molecular complexity index is 1260. The van der Waals surface area contributed by atoms with Crippen LogP contribution < -0.4 is 15.5 Å². The summed E-state index contributed by atoms with van der Waals surface area (Å²) in [4.78, 5) is 26.2. The van der Waals surface area contributed by atoms with Crippen molar-refractivity contribution in [3.8, 4) is 5.75 Å². The Labute approximate surface area is 225 Å². The highest BCUT2D eigenvalue weighted by molar-refractivity contribution is 6.35. The number of rotatable bonds is 8. The van der Waals surface area contributed by atoms with E-state index in [1.54, 1.807) is 36.4 Å². The molecule has 0 radical (unpaired) electrons. The number of halogens is 3. The van der Waals surface area contributed by atoms with E-state index in [0.717, 1.165) is 5.56 Å². The molecule has 0 saturated carbocycles. The molecule has 0 bridgehead atoms. The Morgan fingerprint density at radius 1 is 1.03 bits per heavy atom. The third kappa shape index (κ3) is 6.06. The lowest BCUT2D eigenvalue weighted by Crippen LogP contribution is -2.52. The summed E-state index contributed by atoms with van der Waals surface area (Å²) in [6, 6.07) is 18.0. The van der Waals surface area contributed by atoms with Crippen LogP contribution in [0.4, 0.5) is 5.69 Å². The van der Waals surface area contributed by atoms with Gasteiger partial charge in [-0.15, -0.1) is 0 Å². The average molecular weight is 547 g/mol. The highest BCUT2D eigenvalue weighted by atomic mass is 35.5. The van der Waals surface area contributed by atoms with Crippen molar-refractivity contribution in [2.45, 2.75) is 38.8 Å². The van der Waals surface area contributed by atoms with Crippen molar-refractivity contribution in [1.29, 1.82) is 0 Å². The van der Waals surface area contributed by atoms with Gasteiger partial charge in [0.1, 0.15) is 11.9 Å². The molecule has 36 heavy (non-hydrogen) atoms.